The third-order valence-electron chi connectivity index (χ3n) is 3.06. The van der Waals surface area contributed by atoms with Crippen molar-refractivity contribution in [2.45, 2.75) is 31.5 Å². The highest BCUT2D eigenvalue weighted by molar-refractivity contribution is 6.30. The van der Waals surface area contributed by atoms with E-state index in [0.29, 0.717) is 0 Å². The van der Waals surface area contributed by atoms with E-state index in [1.165, 1.54) is 6.07 Å². The maximum atomic E-state index is 12.4. The number of rotatable bonds is 2. The summed E-state index contributed by atoms with van der Waals surface area (Å²) in [6, 6.07) is 2.05. The van der Waals surface area contributed by atoms with E-state index in [0.717, 1.165) is 18.9 Å². The van der Waals surface area contributed by atoms with E-state index in [2.05, 4.69) is 4.98 Å². The Bertz CT molecular complexity index is 441. The summed E-state index contributed by atoms with van der Waals surface area (Å²) in [7, 11) is 0. The molecule has 0 bridgehead atoms. The van der Waals surface area contributed by atoms with E-state index in [1.807, 2.05) is 0 Å². The molecule has 1 fully saturated rings. The van der Waals surface area contributed by atoms with Crippen LogP contribution in [0.25, 0.3) is 0 Å². The molecule has 1 atom stereocenters. The van der Waals surface area contributed by atoms with Gasteiger partial charge < -0.3 is 5.11 Å². The van der Waals surface area contributed by atoms with Crippen LogP contribution in [0.3, 0.4) is 0 Å². The zero-order valence-electron chi connectivity index (χ0n) is 9.05. The Morgan fingerprint density at radius 1 is 1.35 bits per heavy atom. The largest absolute Gasteiger partial charge is 0.433 e. The van der Waals surface area contributed by atoms with Gasteiger partial charge in [-0.3, -0.25) is 0 Å². The smallest absolute Gasteiger partial charge is 0.385 e. The SMILES string of the molecule is CC(O)(c1ccc(C(F)(F)F)nc1Cl)C1CC1. The van der Waals surface area contributed by atoms with E-state index < -0.39 is 17.5 Å². The minimum absolute atomic E-state index is 0.0542. The van der Waals surface area contributed by atoms with Gasteiger partial charge >= 0.3 is 6.18 Å². The van der Waals surface area contributed by atoms with Crippen LogP contribution in [0.1, 0.15) is 31.0 Å². The van der Waals surface area contributed by atoms with Crippen LogP contribution in [-0.2, 0) is 11.8 Å². The monoisotopic (exact) mass is 265 g/mol. The van der Waals surface area contributed by atoms with Gasteiger partial charge in [-0.25, -0.2) is 4.98 Å². The van der Waals surface area contributed by atoms with Gasteiger partial charge in [0.15, 0.2) is 0 Å². The number of pyridine rings is 1. The van der Waals surface area contributed by atoms with E-state index in [1.54, 1.807) is 6.92 Å². The van der Waals surface area contributed by atoms with Crippen molar-refractivity contribution in [2.24, 2.45) is 5.92 Å². The summed E-state index contributed by atoms with van der Waals surface area (Å²) in [5.74, 6) is 0.0542. The van der Waals surface area contributed by atoms with Crippen LogP contribution < -0.4 is 0 Å². The first-order valence-electron chi connectivity index (χ1n) is 5.19. The Kier molecular flexibility index (Phi) is 2.86. The van der Waals surface area contributed by atoms with Crippen LogP contribution in [0, 0.1) is 5.92 Å². The lowest BCUT2D eigenvalue weighted by Gasteiger charge is -2.24. The van der Waals surface area contributed by atoms with Gasteiger partial charge in [0, 0.05) is 5.56 Å². The van der Waals surface area contributed by atoms with Gasteiger partial charge in [0.2, 0.25) is 0 Å². The molecule has 0 aromatic carbocycles. The van der Waals surface area contributed by atoms with Crippen molar-refractivity contribution in [3.05, 3.63) is 28.5 Å². The summed E-state index contributed by atoms with van der Waals surface area (Å²) in [6.45, 7) is 1.56. The molecule has 0 saturated heterocycles. The molecule has 94 valence electrons. The Morgan fingerprint density at radius 2 is 1.94 bits per heavy atom. The average Bonchev–Trinajstić information content (AvgIpc) is 2.98. The molecular weight excluding hydrogens is 255 g/mol. The van der Waals surface area contributed by atoms with Crippen molar-refractivity contribution < 1.29 is 18.3 Å². The Hall–Kier alpha value is -0.810. The molecule has 0 spiro atoms. The van der Waals surface area contributed by atoms with Crippen molar-refractivity contribution in [1.29, 1.82) is 0 Å². The van der Waals surface area contributed by atoms with Crippen LogP contribution in [0.5, 0.6) is 0 Å². The molecular formula is C11H11ClF3NO. The molecule has 1 saturated carbocycles. The second kappa shape index (κ2) is 3.85. The fraction of sp³-hybridized carbons (Fsp3) is 0.545. The molecule has 0 aliphatic heterocycles. The molecule has 1 aliphatic rings. The summed E-state index contributed by atoms with van der Waals surface area (Å²) in [4.78, 5) is 3.30. The van der Waals surface area contributed by atoms with Gasteiger partial charge in [0.1, 0.15) is 10.8 Å². The molecule has 2 nitrogen and oxygen atoms in total. The highest BCUT2D eigenvalue weighted by Crippen LogP contribution is 2.47. The summed E-state index contributed by atoms with van der Waals surface area (Å²) in [5, 5.41) is 9.91. The first-order chi connectivity index (χ1) is 7.73. The van der Waals surface area contributed by atoms with Crippen LogP contribution in [-0.4, -0.2) is 10.1 Å². The van der Waals surface area contributed by atoms with Crippen molar-refractivity contribution in [1.82, 2.24) is 4.98 Å². The van der Waals surface area contributed by atoms with Crippen molar-refractivity contribution in [3.63, 3.8) is 0 Å². The van der Waals surface area contributed by atoms with Gasteiger partial charge in [-0.05, 0) is 31.7 Å². The van der Waals surface area contributed by atoms with Crippen molar-refractivity contribution in [2.75, 3.05) is 0 Å². The van der Waals surface area contributed by atoms with Gasteiger partial charge in [-0.2, -0.15) is 13.2 Å². The highest BCUT2D eigenvalue weighted by atomic mass is 35.5. The van der Waals surface area contributed by atoms with E-state index in [-0.39, 0.29) is 16.6 Å². The van der Waals surface area contributed by atoms with Gasteiger partial charge in [-0.15, -0.1) is 0 Å². The van der Waals surface area contributed by atoms with Crippen LogP contribution in [0.15, 0.2) is 12.1 Å². The molecule has 1 aromatic heterocycles. The predicted octanol–water partition coefficient (Wildman–Crippen LogP) is 3.37. The number of nitrogens with zero attached hydrogens (tertiary/aromatic N) is 1. The maximum Gasteiger partial charge on any atom is 0.433 e. The number of aromatic nitrogens is 1. The number of hydrogen-bond acceptors (Lipinski definition) is 2. The average molecular weight is 266 g/mol. The van der Waals surface area contributed by atoms with Crippen molar-refractivity contribution >= 4 is 11.6 Å². The van der Waals surface area contributed by atoms with Crippen LogP contribution >= 0.6 is 11.6 Å². The fourth-order valence-electron chi connectivity index (χ4n) is 1.84. The first-order valence-corrected chi connectivity index (χ1v) is 5.57. The molecule has 2 rings (SSSR count). The third-order valence-corrected chi connectivity index (χ3v) is 3.34. The predicted molar refractivity (Wildman–Crippen MR) is 56.5 cm³/mol. The molecule has 0 amide bonds. The maximum absolute atomic E-state index is 12.4. The molecule has 0 radical (unpaired) electrons. The molecule has 1 aliphatic carbocycles. The summed E-state index contributed by atoms with van der Waals surface area (Å²) in [6.07, 6.45) is -2.82. The zero-order chi connectivity index (χ0) is 12.8. The summed E-state index contributed by atoms with van der Waals surface area (Å²) >= 11 is 5.72. The van der Waals surface area contributed by atoms with Gasteiger partial charge in [-0.1, -0.05) is 17.7 Å². The lowest BCUT2D eigenvalue weighted by atomic mass is 9.92. The molecule has 6 heteroatoms. The topological polar surface area (TPSA) is 33.1 Å². The number of halogens is 4. The summed E-state index contributed by atoms with van der Waals surface area (Å²) in [5.41, 5.74) is -1.98. The quantitative estimate of drug-likeness (QED) is 0.832. The second-order valence-corrected chi connectivity index (χ2v) is 4.81. The standard InChI is InChI=1S/C11H11ClF3NO/c1-10(17,6-2-3-6)7-4-5-8(11(13,14)15)16-9(7)12/h4-6,17H,2-3H2,1H3. The Morgan fingerprint density at radius 3 is 2.35 bits per heavy atom. The first kappa shape index (κ1) is 12.6. The second-order valence-electron chi connectivity index (χ2n) is 4.45. The van der Waals surface area contributed by atoms with Gasteiger partial charge in [0.05, 0.1) is 5.60 Å². The normalized spacial score (nSPS) is 20.1. The van der Waals surface area contributed by atoms with Crippen LogP contribution in [0.2, 0.25) is 5.15 Å². The fourth-order valence-corrected chi connectivity index (χ4v) is 2.18. The molecule has 1 N–H and O–H groups in total. The molecule has 17 heavy (non-hydrogen) atoms. The third kappa shape index (κ3) is 2.40. The number of alkyl halides is 3. The number of hydrogen-bond donors (Lipinski definition) is 1. The molecule has 1 heterocycles. The molecule has 1 aromatic rings. The van der Waals surface area contributed by atoms with E-state index >= 15 is 0 Å². The molecule has 1 unspecified atom stereocenters. The Balaban J connectivity index is 2.38. The summed E-state index contributed by atoms with van der Waals surface area (Å²) < 4.78 is 37.2. The van der Waals surface area contributed by atoms with Crippen LogP contribution in [0.4, 0.5) is 13.2 Å². The lowest BCUT2D eigenvalue weighted by molar-refractivity contribution is -0.141. The number of aliphatic hydroxyl groups is 1. The van der Waals surface area contributed by atoms with E-state index in [9.17, 15) is 18.3 Å². The van der Waals surface area contributed by atoms with Gasteiger partial charge in [0.25, 0.3) is 0 Å². The Labute approximate surface area is 101 Å². The zero-order valence-corrected chi connectivity index (χ0v) is 9.81. The highest BCUT2D eigenvalue weighted by Gasteiger charge is 2.43. The van der Waals surface area contributed by atoms with E-state index in [4.69, 9.17) is 11.6 Å². The minimum Gasteiger partial charge on any atom is -0.385 e. The lowest BCUT2D eigenvalue weighted by Crippen LogP contribution is -2.25. The van der Waals surface area contributed by atoms with Crippen molar-refractivity contribution in [3.8, 4) is 0 Å². The minimum atomic E-state index is -4.52.